The fourth-order valence-electron chi connectivity index (χ4n) is 3.50. The summed E-state index contributed by atoms with van der Waals surface area (Å²) in [7, 11) is 1.48. The lowest BCUT2D eigenvalue weighted by atomic mass is 9.85. The van der Waals surface area contributed by atoms with Crippen molar-refractivity contribution in [3.8, 4) is 5.75 Å². The Hall–Kier alpha value is -3.16. The molecule has 2 aliphatic rings. The average molecular weight is 386 g/mol. The van der Waals surface area contributed by atoms with E-state index in [2.05, 4.69) is 5.32 Å². The molecule has 8 nitrogen and oxygen atoms in total. The highest BCUT2D eigenvalue weighted by molar-refractivity contribution is 6.08. The standard InChI is InChI=1S/C20H22N2O6/c1-12(22-18(24)13-7-3-4-8-14(13)19(22)25)20(26)28-11-17(23)21-15-9-5-6-10-16(15)27-2/h3-6,9-10,12-14H,7-8,11H2,1-2H3,(H,21,23)/t12-,13-,14+/m0/s1. The first-order chi connectivity index (χ1) is 13.4. The molecule has 1 aromatic carbocycles. The third kappa shape index (κ3) is 3.76. The van der Waals surface area contributed by atoms with E-state index in [1.165, 1.54) is 14.0 Å². The summed E-state index contributed by atoms with van der Waals surface area (Å²) in [5.41, 5.74) is 0.445. The van der Waals surface area contributed by atoms with E-state index >= 15 is 0 Å². The molecular formula is C20H22N2O6. The summed E-state index contributed by atoms with van der Waals surface area (Å²) in [6.07, 6.45) is 4.74. The Morgan fingerprint density at radius 2 is 1.75 bits per heavy atom. The fourth-order valence-corrected chi connectivity index (χ4v) is 3.50. The highest BCUT2D eigenvalue weighted by Gasteiger charge is 2.50. The van der Waals surface area contributed by atoms with Crippen LogP contribution in [-0.2, 0) is 23.9 Å². The molecule has 1 aromatic rings. The predicted octanol–water partition coefficient (Wildman–Crippen LogP) is 1.52. The van der Waals surface area contributed by atoms with Crippen LogP contribution in [0.3, 0.4) is 0 Å². The Bertz CT molecular complexity index is 808. The largest absolute Gasteiger partial charge is 0.495 e. The van der Waals surface area contributed by atoms with Crippen LogP contribution in [0.2, 0.25) is 0 Å². The number of methoxy groups -OCH3 is 1. The lowest BCUT2D eigenvalue weighted by Gasteiger charge is -2.21. The summed E-state index contributed by atoms with van der Waals surface area (Å²) < 4.78 is 10.2. The van der Waals surface area contributed by atoms with Crippen molar-refractivity contribution in [2.75, 3.05) is 19.0 Å². The van der Waals surface area contributed by atoms with Gasteiger partial charge in [-0.1, -0.05) is 24.3 Å². The molecule has 0 radical (unpaired) electrons. The van der Waals surface area contributed by atoms with Crippen LogP contribution in [0.1, 0.15) is 19.8 Å². The summed E-state index contributed by atoms with van der Waals surface area (Å²) in [4.78, 5) is 50.4. The van der Waals surface area contributed by atoms with E-state index in [1.54, 1.807) is 24.3 Å². The van der Waals surface area contributed by atoms with E-state index in [9.17, 15) is 19.2 Å². The number of benzene rings is 1. The van der Waals surface area contributed by atoms with Crippen molar-refractivity contribution in [1.29, 1.82) is 0 Å². The van der Waals surface area contributed by atoms with Crippen molar-refractivity contribution in [2.45, 2.75) is 25.8 Å². The van der Waals surface area contributed by atoms with Gasteiger partial charge in [-0.3, -0.25) is 19.3 Å². The molecule has 0 bridgehead atoms. The molecule has 3 atom stereocenters. The number of allylic oxidation sites excluding steroid dienone is 2. The lowest BCUT2D eigenvalue weighted by Crippen LogP contribution is -2.45. The molecule has 1 saturated heterocycles. The second-order valence-electron chi connectivity index (χ2n) is 6.73. The third-order valence-electron chi connectivity index (χ3n) is 5.00. The van der Waals surface area contributed by atoms with E-state index in [4.69, 9.17) is 9.47 Å². The van der Waals surface area contributed by atoms with Crippen molar-refractivity contribution in [3.05, 3.63) is 36.4 Å². The molecule has 1 N–H and O–H groups in total. The molecule has 28 heavy (non-hydrogen) atoms. The van der Waals surface area contributed by atoms with E-state index in [-0.39, 0.29) is 11.8 Å². The minimum atomic E-state index is -1.08. The maximum absolute atomic E-state index is 12.5. The number of para-hydroxylation sites is 2. The summed E-state index contributed by atoms with van der Waals surface area (Å²) >= 11 is 0. The minimum Gasteiger partial charge on any atom is -0.495 e. The van der Waals surface area contributed by atoms with Crippen molar-refractivity contribution in [3.63, 3.8) is 0 Å². The second-order valence-corrected chi connectivity index (χ2v) is 6.73. The Balaban J connectivity index is 1.56. The van der Waals surface area contributed by atoms with Gasteiger partial charge in [-0.25, -0.2) is 4.79 Å². The van der Waals surface area contributed by atoms with Gasteiger partial charge in [0.1, 0.15) is 11.8 Å². The third-order valence-corrected chi connectivity index (χ3v) is 5.00. The Kier molecular flexibility index (Phi) is 5.77. The summed E-state index contributed by atoms with van der Waals surface area (Å²) in [6, 6.07) is 5.74. The fraction of sp³-hybridized carbons (Fsp3) is 0.400. The number of nitrogens with zero attached hydrogens (tertiary/aromatic N) is 1. The van der Waals surface area contributed by atoms with Crippen LogP contribution in [0.4, 0.5) is 5.69 Å². The van der Waals surface area contributed by atoms with Crippen LogP contribution < -0.4 is 10.1 Å². The number of imide groups is 1. The van der Waals surface area contributed by atoms with E-state index in [0.717, 1.165) is 4.90 Å². The molecule has 1 aliphatic heterocycles. The summed E-state index contributed by atoms with van der Waals surface area (Å²) in [5, 5.41) is 2.59. The van der Waals surface area contributed by atoms with Crippen LogP contribution >= 0.6 is 0 Å². The van der Waals surface area contributed by atoms with Crippen molar-refractivity contribution < 1.29 is 28.7 Å². The first-order valence-electron chi connectivity index (χ1n) is 9.05. The molecule has 8 heteroatoms. The highest BCUT2D eigenvalue weighted by Crippen LogP contribution is 2.36. The average Bonchev–Trinajstić information content (AvgIpc) is 2.96. The number of likely N-dealkylation sites (tertiary alicyclic amines) is 1. The number of carbonyl (C=O) groups excluding carboxylic acids is 4. The number of anilines is 1. The van der Waals surface area contributed by atoms with Gasteiger partial charge in [0.05, 0.1) is 24.6 Å². The SMILES string of the molecule is COc1ccccc1NC(=O)COC(=O)[C@H](C)N1C(=O)[C@H]2CC=CC[C@H]2C1=O. The first-order valence-corrected chi connectivity index (χ1v) is 9.05. The molecule has 3 rings (SSSR count). The van der Waals surface area contributed by atoms with Crippen LogP contribution in [0.25, 0.3) is 0 Å². The zero-order chi connectivity index (χ0) is 20.3. The Morgan fingerprint density at radius 3 is 2.36 bits per heavy atom. The topological polar surface area (TPSA) is 102 Å². The number of fused-ring (bicyclic) bond motifs is 1. The first kappa shape index (κ1) is 19.6. The molecule has 148 valence electrons. The highest BCUT2D eigenvalue weighted by atomic mass is 16.5. The van der Waals surface area contributed by atoms with Crippen molar-refractivity contribution >= 4 is 29.4 Å². The smallest absolute Gasteiger partial charge is 0.329 e. The number of hydrogen-bond donors (Lipinski definition) is 1. The maximum Gasteiger partial charge on any atom is 0.329 e. The number of hydrogen-bond acceptors (Lipinski definition) is 6. The molecule has 0 unspecified atom stereocenters. The number of nitrogens with one attached hydrogen (secondary N) is 1. The van der Waals surface area contributed by atoms with Gasteiger partial charge in [-0.15, -0.1) is 0 Å². The molecule has 0 saturated carbocycles. The van der Waals surface area contributed by atoms with Gasteiger partial charge in [0.25, 0.3) is 5.91 Å². The number of amides is 3. The van der Waals surface area contributed by atoms with Crippen molar-refractivity contribution in [1.82, 2.24) is 4.90 Å². The van der Waals surface area contributed by atoms with Crippen LogP contribution in [0.5, 0.6) is 5.75 Å². The Labute approximate surface area is 162 Å². The molecule has 1 heterocycles. The van der Waals surface area contributed by atoms with E-state index < -0.39 is 36.4 Å². The number of esters is 1. The maximum atomic E-state index is 12.5. The summed E-state index contributed by atoms with van der Waals surface area (Å²) in [5.74, 6) is -2.43. The molecule has 3 amide bonds. The van der Waals surface area contributed by atoms with Gasteiger partial charge < -0.3 is 14.8 Å². The van der Waals surface area contributed by atoms with Gasteiger partial charge in [-0.05, 0) is 31.9 Å². The van der Waals surface area contributed by atoms with Gasteiger partial charge in [0.2, 0.25) is 11.8 Å². The zero-order valence-electron chi connectivity index (χ0n) is 15.7. The Morgan fingerprint density at radius 1 is 1.14 bits per heavy atom. The predicted molar refractivity (Wildman–Crippen MR) is 99.3 cm³/mol. The number of rotatable bonds is 6. The van der Waals surface area contributed by atoms with Gasteiger partial charge in [0, 0.05) is 0 Å². The number of ether oxygens (including phenoxy) is 2. The van der Waals surface area contributed by atoms with E-state index in [1.807, 2.05) is 12.2 Å². The zero-order valence-corrected chi connectivity index (χ0v) is 15.7. The van der Waals surface area contributed by atoms with Crippen molar-refractivity contribution in [2.24, 2.45) is 11.8 Å². The molecular weight excluding hydrogens is 364 g/mol. The molecule has 0 spiro atoms. The normalized spacial score (nSPS) is 21.9. The van der Waals surface area contributed by atoms with Gasteiger partial charge in [-0.2, -0.15) is 0 Å². The van der Waals surface area contributed by atoms with Gasteiger partial charge >= 0.3 is 5.97 Å². The minimum absolute atomic E-state index is 0.359. The summed E-state index contributed by atoms with van der Waals surface area (Å²) in [6.45, 7) is 0.896. The second kappa shape index (κ2) is 8.24. The number of carbonyl (C=O) groups is 4. The van der Waals surface area contributed by atoms with Crippen LogP contribution in [-0.4, -0.2) is 48.3 Å². The van der Waals surface area contributed by atoms with Crippen LogP contribution in [0, 0.1) is 11.8 Å². The molecule has 0 aromatic heterocycles. The molecule has 1 aliphatic carbocycles. The molecule has 1 fully saturated rings. The quantitative estimate of drug-likeness (QED) is 0.452. The lowest BCUT2D eigenvalue weighted by molar-refractivity contribution is -0.159. The monoisotopic (exact) mass is 386 g/mol. The van der Waals surface area contributed by atoms with E-state index in [0.29, 0.717) is 24.3 Å². The van der Waals surface area contributed by atoms with Gasteiger partial charge in [0.15, 0.2) is 6.61 Å². The van der Waals surface area contributed by atoms with Crippen LogP contribution in [0.15, 0.2) is 36.4 Å².